The Morgan fingerprint density at radius 3 is 2.65 bits per heavy atom. The molecule has 0 aliphatic carbocycles. The number of carbonyl (C=O) groups excluding carboxylic acids is 1. The van der Waals surface area contributed by atoms with Gasteiger partial charge in [0, 0.05) is 19.2 Å². The van der Waals surface area contributed by atoms with Gasteiger partial charge in [0.15, 0.2) is 5.78 Å². The van der Waals surface area contributed by atoms with E-state index < -0.39 is 11.6 Å². The summed E-state index contributed by atoms with van der Waals surface area (Å²) in [5.41, 5.74) is -0.0575. The maximum absolute atomic E-state index is 13.4. The molecule has 1 aromatic rings. The summed E-state index contributed by atoms with van der Waals surface area (Å²) in [6.45, 7) is 2.63. The molecule has 1 fully saturated rings. The number of ketones is 1. The van der Waals surface area contributed by atoms with E-state index in [0.717, 1.165) is 12.1 Å². The van der Waals surface area contributed by atoms with Crippen LogP contribution in [0, 0.1) is 11.6 Å². The number of morpholine rings is 1. The van der Waals surface area contributed by atoms with Crippen LogP contribution in [-0.2, 0) is 4.74 Å². The number of nitrogens with zero attached hydrogens (tertiary/aromatic N) is 1. The Labute approximate surface area is 98.0 Å². The van der Waals surface area contributed by atoms with Crippen LogP contribution < -0.4 is 0 Å². The lowest BCUT2D eigenvalue weighted by molar-refractivity contribution is 0.0370. The topological polar surface area (TPSA) is 29.5 Å². The molecule has 0 radical (unpaired) electrons. The smallest absolute Gasteiger partial charge is 0.179 e. The molecule has 5 heteroatoms. The highest BCUT2D eigenvalue weighted by molar-refractivity contribution is 5.97. The molecule has 0 aromatic heterocycles. The second-order valence-electron chi connectivity index (χ2n) is 3.94. The SMILES string of the molecule is O=C(CN1CCOCC1)c1ccc(F)cc1F. The van der Waals surface area contributed by atoms with Gasteiger partial charge in [0.05, 0.1) is 25.3 Å². The third-order valence-corrected chi connectivity index (χ3v) is 2.70. The molecular weight excluding hydrogens is 228 g/mol. The fraction of sp³-hybridized carbons (Fsp3) is 0.417. The summed E-state index contributed by atoms with van der Waals surface area (Å²) in [5, 5.41) is 0. The highest BCUT2D eigenvalue weighted by atomic mass is 19.1. The molecule has 1 aromatic carbocycles. The molecule has 0 spiro atoms. The monoisotopic (exact) mass is 241 g/mol. The Hall–Kier alpha value is -1.33. The first-order valence-electron chi connectivity index (χ1n) is 5.45. The van der Waals surface area contributed by atoms with Crippen LogP contribution >= 0.6 is 0 Å². The number of rotatable bonds is 3. The van der Waals surface area contributed by atoms with Crippen LogP contribution in [0.5, 0.6) is 0 Å². The third kappa shape index (κ3) is 3.08. The summed E-state index contributed by atoms with van der Waals surface area (Å²) < 4.78 is 31.2. The van der Waals surface area contributed by atoms with Crippen LogP contribution in [0.25, 0.3) is 0 Å². The molecule has 17 heavy (non-hydrogen) atoms. The van der Waals surface area contributed by atoms with Gasteiger partial charge in [-0.05, 0) is 12.1 Å². The third-order valence-electron chi connectivity index (χ3n) is 2.70. The molecule has 3 nitrogen and oxygen atoms in total. The van der Waals surface area contributed by atoms with E-state index in [1.807, 2.05) is 4.90 Å². The standard InChI is InChI=1S/C12H13F2NO2/c13-9-1-2-10(11(14)7-9)12(16)8-15-3-5-17-6-4-15/h1-2,7H,3-6,8H2. The zero-order valence-corrected chi connectivity index (χ0v) is 9.29. The van der Waals surface area contributed by atoms with Crippen LogP contribution in [0.1, 0.15) is 10.4 Å². The average molecular weight is 241 g/mol. The zero-order chi connectivity index (χ0) is 12.3. The molecule has 1 heterocycles. The molecular formula is C12H13F2NO2. The zero-order valence-electron chi connectivity index (χ0n) is 9.29. The van der Waals surface area contributed by atoms with Gasteiger partial charge in [0.25, 0.3) is 0 Å². The van der Waals surface area contributed by atoms with Crippen molar-refractivity contribution in [3.63, 3.8) is 0 Å². The number of ether oxygens (including phenoxy) is 1. The predicted molar refractivity (Wildman–Crippen MR) is 57.9 cm³/mol. The van der Waals surface area contributed by atoms with Gasteiger partial charge in [0.2, 0.25) is 0 Å². The summed E-state index contributed by atoms with van der Waals surface area (Å²) in [5.74, 6) is -1.81. The Balaban J connectivity index is 2.03. The quantitative estimate of drug-likeness (QED) is 0.751. The Morgan fingerprint density at radius 1 is 1.29 bits per heavy atom. The lowest BCUT2D eigenvalue weighted by Crippen LogP contribution is -2.39. The molecule has 92 valence electrons. The first-order chi connectivity index (χ1) is 8.16. The van der Waals surface area contributed by atoms with Crippen molar-refractivity contribution in [2.75, 3.05) is 32.8 Å². The van der Waals surface area contributed by atoms with Gasteiger partial charge < -0.3 is 4.74 Å². The Kier molecular flexibility index (Phi) is 3.81. The first-order valence-corrected chi connectivity index (χ1v) is 5.45. The second kappa shape index (κ2) is 5.33. The highest BCUT2D eigenvalue weighted by Gasteiger charge is 2.18. The number of Topliss-reactive ketones (excluding diaryl/α,β-unsaturated/α-hetero) is 1. The number of halogens is 2. The molecule has 2 rings (SSSR count). The molecule has 1 aliphatic rings. The van der Waals surface area contributed by atoms with Crippen LogP contribution in [0.3, 0.4) is 0 Å². The predicted octanol–water partition coefficient (Wildman–Crippen LogP) is 1.48. The second-order valence-corrected chi connectivity index (χ2v) is 3.94. The largest absolute Gasteiger partial charge is 0.379 e. The minimum Gasteiger partial charge on any atom is -0.379 e. The van der Waals surface area contributed by atoms with E-state index in [-0.39, 0.29) is 17.9 Å². The van der Waals surface area contributed by atoms with Crippen LogP contribution in [0.2, 0.25) is 0 Å². The molecule has 0 atom stereocenters. The van der Waals surface area contributed by atoms with E-state index in [9.17, 15) is 13.6 Å². The van der Waals surface area contributed by atoms with Gasteiger partial charge in [-0.2, -0.15) is 0 Å². The lowest BCUT2D eigenvalue weighted by atomic mass is 10.1. The van der Waals surface area contributed by atoms with E-state index in [1.54, 1.807) is 0 Å². The van der Waals surface area contributed by atoms with Gasteiger partial charge in [-0.1, -0.05) is 0 Å². The average Bonchev–Trinajstić information content (AvgIpc) is 2.30. The number of carbonyl (C=O) groups is 1. The molecule has 0 bridgehead atoms. The minimum absolute atomic E-state index is 0.0575. The number of hydrogen-bond donors (Lipinski definition) is 0. The fourth-order valence-corrected chi connectivity index (χ4v) is 1.76. The summed E-state index contributed by atoms with van der Waals surface area (Å²) >= 11 is 0. The Bertz CT molecular complexity index is 417. The van der Waals surface area contributed by atoms with E-state index in [4.69, 9.17) is 4.74 Å². The van der Waals surface area contributed by atoms with E-state index >= 15 is 0 Å². The van der Waals surface area contributed by atoms with Crippen molar-refractivity contribution in [2.24, 2.45) is 0 Å². The van der Waals surface area contributed by atoms with Gasteiger partial charge >= 0.3 is 0 Å². The van der Waals surface area contributed by atoms with Gasteiger partial charge in [-0.15, -0.1) is 0 Å². The summed E-state index contributed by atoms with van der Waals surface area (Å²) in [7, 11) is 0. The number of benzene rings is 1. The number of hydrogen-bond acceptors (Lipinski definition) is 3. The molecule has 0 N–H and O–H groups in total. The van der Waals surface area contributed by atoms with Gasteiger partial charge in [-0.25, -0.2) is 8.78 Å². The minimum atomic E-state index is -0.803. The van der Waals surface area contributed by atoms with Crippen molar-refractivity contribution in [3.8, 4) is 0 Å². The summed E-state index contributed by atoms with van der Waals surface area (Å²) in [4.78, 5) is 13.7. The van der Waals surface area contributed by atoms with Crippen molar-refractivity contribution in [1.29, 1.82) is 0 Å². The van der Waals surface area contributed by atoms with E-state index in [1.165, 1.54) is 6.07 Å². The van der Waals surface area contributed by atoms with Gasteiger partial charge in [0.1, 0.15) is 11.6 Å². The molecule has 0 saturated carbocycles. The normalized spacial score (nSPS) is 17.1. The maximum atomic E-state index is 13.4. The summed E-state index contributed by atoms with van der Waals surface area (Å²) in [6.07, 6.45) is 0. The molecule has 0 unspecified atom stereocenters. The Morgan fingerprint density at radius 2 is 2.00 bits per heavy atom. The van der Waals surface area contributed by atoms with E-state index in [0.29, 0.717) is 26.3 Å². The van der Waals surface area contributed by atoms with Crippen molar-refractivity contribution in [1.82, 2.24) is 4.90 Å². The van der Waals surface area contributed by atoms with Crippen LogP contribution in [0.15, 0.2) is 18.2 Å². The van der Waals surface area contributed by atoms with Crippen molar-refractivity contribution in [3.05, 3.63) is 35.4 Å². The summed E-state index contributed by atoms with van der Waals surface area (Å²) in [6, 6.07) is 3.01. The van der Waals surface area contributed by atoms with Crippen molar-refractivity contribution < 1.29 is 18.3 Å². The van der Waals surface area contributed by atoms with Crippen molar-refractivity contribution >= 4 is 5.78 Å². The van der Waals surface area contributed by atoms with E-state index in [2.05, 4.69) is 0 Å². The van der Waals surface area contributed by atoms with Crippen LogP contribution in [0.4, 0.5) is 8.78 Å². The highest BCUT2D eigenvalue weighted by Crippen LogP contribution is 2.11. The lowest BCUT2D eigenvalue weighted by Gasteiger charge is -2.25. The first kappa shape index (κ1) is 12.1. The van der Waals surface area contributed by atoms with Gasteiger partial charge in [-0.3, -0.25) is 9.69 Å². The maximum Gasteiger partial charge on any atom is 0.179 e. The molecule has 0 amide bonds. The van der Waals surface area contributed by atoms with Crippen LogP contribution in [-0.4, -0.2) is 43.5 Å². The van der Waals surface area contributed by atoms with Crippen molar-refractivity contribution in [2.45, 2.75) is 0 Å². The fourth-order valence-electron chi connectivity index (χ4n) is 1.76. The molecule has 1 aliphatic heterocycles. The molecule has 1 saturated heterocycles.